The second-order valence-corrected chi connectivity index (χ2v) is 8.74. The standard InChI is InChI=1S/C28H30FN5O4/c1-19-15-34(18-31-19)25-10-9-23(14-26(25)38-3)32-24-13-21(27(35)30-11-4-12-37-2)17-33(28(24)36)16-20-5-7-22(29)8-6-20/h5-10,13-15,17-18,32H,4,11-12,16H2,1-3H3,(H,30,35). The van der Waals surface area contributed by atoms with Gasteiger partial charge in [0, 0.05) is 44.4 Å². The molecule has 2 N–H and O–H groups in total. The molecule has 10 heteroatoms. The van der Waals surface area contributed by atoms with Gasteiger partial charge in [-0.05, 0) is 49.2 Å². The maximum atomic E-state index is 13.4. The Morgan fingerprint density at radius 1 is 1.08 bits per heavy atom. The van der Waals surface area contributed by atoms with Crippen LogP contribution in [0, 0.1) is 12.7 Å². The van der Waals surface area contributed by atoms with Gasteiger partial charge in [-0.1, -0.05) is 12.1 Å². The summed E-state index contributed by atoms with van der Waals surface area (Å²) in [4.78, 5) is 30.6. The third-order valence-electron chi connectivity index (χ3n) is 5.87. The lowest BCUT2D eigenvalue weighted by atomic mass is 10.2. The van der Waals surface area contributed by atoms with Gasteiger partial charge >= 0.3 is 0 Å². The van der Waals surface area contributed by atoms with Crippen molar-refractivity contribution in [3.05, 3.63) is 100 Å². The van der Waals surface area contributed by atoms with E-state index < -0.39 is 0 Å². The molecule has 38 heavy (non-hydrogen) atoms. The average Bonchev–Trinajstić information content (AvgIpc) is 3.35. The summed E-state index contributed by atoms with van der Waals surface area (Å²) in [5.41, 5.74) is 3.17. The third-order valence-corrected chi connectivity index (χ3v) is 5.87. The number of halogens is 1. The highest BCUT2D eigenvalue weighted by Gasteiger charge is 2.15. The van der Waals surface area contributed by atoms with Crippen LogP contribution in [0.1, 0.15) is 28.0 Å². The first kappa shape index (κ1) is 26.6. The van der Waals surface area contributed by atoms with E-state index in [1.165, 1.54) is 29.0 Å². The Hall–Kier alpha value is -4.44. The molecule has 0 saturated carbocycles. The molecule has 0 radical (unpaired) electrons. The number of aromatic nitrogens is 3. The summed E-state index contributed by atoms with van der Waals surface area (Å²) in [7, 11) is 3.17. The first-order valence-corrected chi connectivity index (χ1v) is 12.1. The zero-order valence-electron chi connectivity index (χ0n) is 21.5. The van der Waals surface area contributed by atoms with Crippen LogP contribution in [-0.2, 0) is 11.3 Å². The number of hydrogen-bond donors (Lipinski definition) is 2. The number of carbonyl (C=O) groups is 1. The number of imidazole rings is 1. The van der Waals surface area contributed by atoms with E-state index in [-0.39, 0.29) is 29.5 Å². The van der Waals surface area contributed by atoms with Crippen LogP contribution in [0.15, 0.2) is 72.0 Å². The number of benzene rings is 2. The minimum atomic E-state index is -0.365. The smallest absolute Gasteiger partial charge is 0.274 e. The number of nitrogens with zero attached hydrogens (tertiary/aromatic N) is 3. The van der Waals surface area contributed by atoms with Crippen LogP contribution in [0.3, 0.4) is 0 Å². The van der Waals surface area contributed by atoms with E-state index in [4.69, 9.17) is 9.47 Å². The molecule has 0 unspecified atom stereocenters. The fourth-order valence-corrected chi connectivity index (χ4v) is 3.95. The van der Waals surface area contributed by atoms with Crippen molar-refractivity contribution in [3.63, 3.8) is 0 Å². The minimum absolute atomic E-state index is 0.167. The van der Waals surface area contributed by atoms with Gasteiger partial charge in [-0.25, -0.2) is 9.37 Å². The van der Waals surface area contributed by atoms with Crippen molar-refractivity contribution >= 4 is 17.3 Å². The summed E-state index contributed by atoms with van der Waals surface area (Å²) in [5.74, 6) is -0.109. The van der Waals surface area contributed by atoms with E-state index >= 15 is 0 Å². The van der Waals surface area contributed by atoms with E-state index in [0.29, 0.717) is 36.6 Å². The number of rotatable bonds is 11. The van der Waals surface area contributed by atoms with Crippen molar-refractivity contribution in [2.75, 3.05) is 32.7 Å². The van der Waals surface area contributed by atoms with Gasteiger partial charge in [0.25, 0.3) is 11.5 Å². The van der Waals surface area contributed by atoms with Crippen molar-refractivity contribution in [2.45, 2.75) is 19.9 Å². The molecule has 0 spiro atoms. The highest BCUT2D eigenvalue weighted by atomic mass is 19.1. The lowest BCUT2D eigenvalue weighted by Crippen LogP contribution is -2.29. The monoisotopic (exact) mass is 519 g/mol. The fourth-order valence-electron chi connectivity index (χ4n) is 3.95. The third kappa shape index (κ3) is 6.46. The molecule has 0 aliphatic heterocycles. The van der Waals surface area contributed by atoms with E-state index in [0.717, 1.165) is 16.9 Å². The normalized spacial score (nSPS) is 10.8. The number of nitrogens with one attached hydrogen (secondary N) is 2. The van der Waals surface area contributed by atoms with Crippen LogP contribution in [0.2, 0.25) is 0 Å². The van der Waals surface area contributed by atoms with Crippen LogP contribution in [-0.4, -0.2) is 47.4 Å². The van der Waals surface area contributed by atoms with Crippen molar-refractivity contribution in [1.82, 2.24) is 19.4 Å². The van der Waals surface area contributed by atoms with Crippen LogP contribution >= 0.6 is 0 Å². The number of pyridine rings is 1. The zero-order chi connectivity index (χ0) is 27.1. The molecular weight excluding hydrogens is 489 g/mol. The Morgan fingerprint density at radius 2 is 1.87 bits per heavy atom. The summed E-state index contributed by atoms with van der Waals surface area (Å²) >= 11 is 0. The number of anilines is 2. The number of hydrogen-bond acceptors (Lipinski definition) is 6. The number of amides is 1. The molecule has 4 rings (SSSR count). The zero-order valence-corrected chi connectivity index (χ0v) is 21.5. The average molecular weight is 520 g/mol. The molecule has 4 aromatic rings. The first-order valence-electron chi connectivity index (χ1n) is 12.1. The van der Waals surface area contributed by atoms with E-state index in [1.54, 1.807) is 38.7 Å². The Labute approximate surface area is 219 Å². The summed E-state index contributed by atoms with van der Waals surface area (Å²) in [6, 6.07) is 12.8. The Morgan fingerprint density at radius 3 is 2.55 bits per heavy atom. The Balaban J connectivity index is 1.67. The molecule has 0 atom stereocenters. The molecule has 0 fully saturated rings. The van der Waals surface area contributed by atoms with E-state index in [1.807, 2.05) is 29.8 Å². The molecule has 9 nitrogen and oxygen atoms in total. The predicted octanol–water partition coefficient (Wildman–Crippen LogP) is 4.05. The van der Waals surface area contributed by atoms with E-state index in [9.17, 15) is 14.0 Å². The second kappa shape index (κ2) is 12.2. The molecule has 1 amide bonds. The number of aryl methyl sites for hydroxylation is 1. The lowest BCUT2D eigenvalue weighted by Gasteiger charge is -2.15. The maximum absolute atomic E-state index is 13.4. The second-order valence-electron chi connectivity index (χ2n) is 8.74. The fraction of sp³-hybridized carbons (Fsp3) is 0.250. The largest absolute Gasteiger partial charge is 0.494 e. The molecule has 198 valence electrons. The summed E-state index contributed by atoms with van der Waals surface area (Å²) < 4.78 is 27.3. The minimum Gasteiger partial charge on any atom is -0.494 e. The van der Waals surface area contributed by atoms with Crippen LogP contribution in [0.4, 0.5) is 15.8 Å². The lowest BCUT2D eigenvalue weighted by molar-refractivity contribution is 0.0948. The first-order chi connectivity index (χ1) is 18.4. The molecule has 2 aromatic carbocycles. The van der Waals surface area contributed by atoms with Gasteiger partial charge in [-0.15, -0.1) is 0 Å². The highest BCUT2D eigenvalue weighted by molar-refractivity contribution is 5.95. The quantitative estimate of drug-likeness (QED) is 0.290. The van der Waals surface area contributed by atoms with Crippen LogP contribution in [0.5, 0.6) is 5.75 Å². The van der Waals surface area contributed by atoms with Gasteiger partial charge in [-0.2, -0.15) is 0 Å². The number of carbonyl (C=O) groups excluding carboxylic acids is 1. The Bertz CT molecular complexity index is 1460. The van der Waals surface area contributed by atoms with E-state index in [2.05, 4.69) is 15.6 Å². The van der Waals surface area contributed by atoms with Crippen molar-refractivity contribution in [2.24, 2.45) is 0 Å². The summed E-state index contributed by atoms with van der Waals surface area (Å²) in [6.07, 6.45) is 5.75. The maximum Gasteiger partial charge on any atom is 0.274 e. The van der Waals surface area contributed by atoms with Crippen molar-refractivity contribution in [1.29, 1.82) is 0 Å². The van der Waals surface area contributed by atoms with Gasteiger partial charge in [-0.3, -0.25) is 9.59 Å². The molecule has 2 aromatic heterocycles. The summed E-state index contributed by atoms with van der Waals surface area (Å²) in [5, 5.41) is 5.99. The molecule has 0 bridgehead atoms. The van der Waals surface area contributed by atoms with Gasteiger partial charge in [0.15, 0.2) is 0 Å². The summed E-state index contributed by atoms with van der Waals surface area (Å²) in [6.45, 7) is 3.02. The molecule has 0 aliphatic carbocycles. The van der Waals surface area contributed by atoms with Gasteiger partial charge in [0.2, 0.25) is 0 Å². The van der Waals surface area contributed by atoms with Crippen molar-refractivity contribution < 1.29 is 18.7 Å². The van der Waals surface area contributed by atoms with Crippen molar-refractivity contribution in [3.8, 4) is 11.4 Å². The molecule has 0 aliphatic rings. The topological polar surface area (TPSA) is 99.4 Å². The predicted molar refractivity (Wildman–Crippen MR) is 143 cm³/mol. The highest BCUT2D eigenvalue weighted by Crippen LogP contribution is 2.28. The van der Waals surface area contributed by atoms with Crippen LogP contribution in [0.25, 0.3) is 5.69 Å². The molecular formula is C28H30FN5O4. The van der Waals surface area contributed by atoms with Gasteiger partial charge < -0.3 is 29.2 Å². The molecule has 2 heterocycles. The van der Waals surface area contributed by atoms with Gasteiger partial charge in [0.1, 0.15) is 17.3 Å². The Kier molecular flexibility index (Phi) is 8.55. The number of ether oxygens (including phenoxy) is 2. The molecule has 0 saturated heterocycles. The van der Waals surface area contributed by atoms with Crippen LogP contribution < -0.4 is 20.9 Å². The SMILES string of the molecule is COCCCNC(=O)c1cc(Nc2ccc(-n3cnc(C)c3)c(OC)c2)c(=O)n(Cc2ccc(F)cc2)c1. The number of methoxy groups -OCH3 is 2. The van der Waals surface area contributed by atoms with Gasteiger partial charge in [0.05, 0.1) is 36.9 Å².